The van der Waals surface area contributed by atoms with E-state index in [0.29, 0.717) is 26.8 Å². The number of nitro benzene ring substituents is 1. The molecular weight excluding hydrogens is 258 g/mol. The third-order valence-electron chi connectivity index (χ3n) is 2.40. The summed E-state index contributed by atoms with van der Waals surface area (Å²) in [4.78, 5) is 14.7. The monoisotopic (exact) mass is 269 g/mol. The summed E-state index contributed by atoms with van der Waals surface area (Å²) in [5.74, 6) is 0.778. The first-order valence-electron chi connectivity index (χ1n) is 5.00. The molecule has 0 aliphatic rings. The molecule has 0 aliphatic heterocycles. The zero-order valence-corrected chi connectivity index (χ0v) is 10.8. The van der Waals surface area contributed by atoms with E-state index in [1.807, 2.05) is 0 Å². The summed E-state index contributed by atoms with van der Waals surface area (Å²) in [6.45, 7) is 0. The summed E-state index contributed by atoms with van der Waals surface area (Å²) in [5.41, 5.74) is 0.201. The van der Waals surface area contributed by atoms with Crippen molar-refractivity contribution in [3.63, 3.8) is 0 Å². The van der Waals surface area contributed by atoms with Gasteiger partial charge >= 0.3 is 0 Å². The lowest BCUT2D eigenvalue weighted by molar-refractivity contribution is -0.383. The molecule has 0 saturated heterocycles. The predicted molar refractivity (Wildman–Crippen MR) is 68.9 cm³/mol. The molecule has 1 N–H and O–H groups in total. The first-order valence-corrected chi connectivity index (χ1v) is 5.81. The number of nitrogens with zero attached hydrogens (tertiary/aromatic N) is 2. The lowest BCUT2D eigenvalue weighted by Gasteiger charge is -2.07. The van der Waals surface area contributed by atoms with Crippen LogP contribution in [-0.4, -0.2) is 31.2 Å². The van der Waals surface area contributed by atoms with Gasteiger partial charge in [0.15, 0.2) is 22.1 Å². The molecule has 7 nitrogen and oxygen atoms in total. The smallest absolute Gasteiger partial charge is 0.300 e. The fourth-order valence-corrected chi connectivity index (χ4v) is 2.56. The molecule has 0 spiro atoms. The molecule has 96 valence electrons. The second-order valence-corrected chi connectivity index (χ2v) is 4.33. The van der Waals surface area contributed by atoms with Crippen LogP contribution in [0.25, 0.3) is 10.2 Å². The van der Waals surface area contributed by atoms with Gasteiger partial charge in [-0.05, 0) is 0 Å². The van der Waals surface area contributed by atoms with Gasteiger partial charge < -0.3 is 14.8 Å². The molecule has 1 heterocycles. The van der Waals surface area contributed by atoms with Crippen LogP contribution in [-0.2, 0) is 0 Å². The van der Waals surface area contributed by atoms with Gasteiger partial charge in [-0.2, -0.15) is 0 Å². The van der Waals surface area contributed by atoms with E-state index in [-0.39, 0.29) is 5.69 Å². The van der Waals surface area contributed by atoms with Gasteiger partial charge in [0, 0.05) is 7.05 Å². The van der Waals surface area contributed by atoms with E-state index in [0.717, 1.165) is 0 Å². The number of nitrogens with one attached hydrogen (secondary N) is 1. The minimum Gasteiger partial charge on any atom is -0.493 e. The average Bonchev–Trinajstić information content (AvgIpc) is 2.79. The molecule has 1 aromatic heterocycles. The number of fused-ring (bicyclic) bond motifs is 1. The minimum absolute atomic E-state index is 0.0969. The van der Waals surface area contributed by atoms with E-state index in [9.17, 15) is 10.1 Å². The van der Waals surface area contributed by atoms with Gasteiger partial charge in [0.2, 0.25) is 0 Å². The van der Waals surface area contributed by atoms with Crippen molar-refractivity contribution in [3.8, 4) is 11.5 Å². The number of ether oxygens (including phenoxy) is 2. The highest BCUT2D eigenvalue weighted by Crippen LogP contribution is 2.44. The molecule has 2 aromatic rings. The molecule has 2 rings (SSSR count). The average molecular weight is 269 g/mol. The van der Waals surface area contributed by atoms with E-state index in [2.05, 4.69) is 10.3 Å². The lowest BCUT2D eigenvalue weighted by atomic mass is 10.2. The Balaban J connectivity index is 2.85. The second-order valence-electron chi connectivity index (χ2n) is 3.34. The van der Waals surface area contributed by atoms with E-state index < -0.39 is 4.92 Å². The van der Waals surface area contributed by atoms with E-state index in [4.69, 9.17) is 9.47 Å². The van der Waals surface area contributed by atoms with Crippen LogP contribution in [0, 0.1) is 10.1 Å². The zero-order chi connectivity index (χ0) is 13.3. The SMILES string of the molecule is CNc1nc2c([N+](=O)[O-])cc(OC)c(OC)c2s1. The van der Waals surface area contributed by atoms with Crippen LogP contribution in [0.4, 0.5) is 10.8 Å². The molecule has 8 heteroatoms. The number of hydrogen-bond acceptors (Lipinski definition) is 7. The molecule has 0 saturated carbocycles. The maximum absolute atomic E-state index is 11.0. The Morgan fingerprint density at radius 3 is 2.67 bits per heavy atom. The van der Waals surface area contributed by atoms with Crippen molar-refractivity contribution in [1.29, 1.82) is 0 Å². The maximum Gasteiger partial charge on any atom is 0.300 e. The first-order chi connectivity index (χ1) is 8.62. The van der Waals surface area contributed by atoms with Crippen LogP contribution >= 0.6 is 11.3 Å². The van der Waals surface area contributed by atoms with Crippen LogP contribution in [0.1, 0.15) is 0 Å². The van der Waals surface area contributed by atoms with Crippen molar-refractivity contribution in [1.82, 2.24) is 4.98 Å². The van der Waals surface area contributed by atoms with Crippen molar-refractivity contribution < 1.29 is 14.4 Å². The molecule has 0 radical (unpaired) electrons. The summed E-state index contributed by atoms with van der Waals surface area (Å²) in [5, 5.41) is 14.5. The highest BCUT2D eigenvalue weighted by atomic mass is 32.1. The van der Waals surface area contributed by atoms with Crippen LogP contribution in [0.15, 0.2) is 6.07 Å². The van der Waals surface area contributed by atoms with Crippen molar-refractivity contribution >= 4 is 32.4 Å². The quantitative estimate of drug-likeness (QED) is 0.676. The molecule has 0 atom stereocenters. The molecular formula is C10H11N3O4S. The predicted octanol–water partition coefficient (Wildman–Crippen LogP) is 2.26. The lowest BCUT2D eigenvalue weighted by Crippen LogP contribution is -1.95. The van der Waals surface area contributed by atoms with Crippen LogP contribution < -0.4 is 14.8 Å². The van der Waals surface area contributed by atoms with E-state index in [1.165, 1.54) is 31.6 Å². The maximum atomic E-state index is 11.0. The third-order valence-corrected chi connectivity index (χ3v) is 3.47. The number of hydrogen-bond donors (Lipinski definition) is 1. The topological polar surface area (TPSA) is 86.5 Å². The van der Waals surface area contributed by atoms with Gasteiger partial charge in [-0.3, -0.25) is 10.1 Å². The fourth-order valence-electron chi connectivity index (χ4n) is 1.61. The molecule has 18 heavy (non-hydrogen) atoms. The first kappa shape index (κ1) is 12.4. The summed E-state index contributed by atoms with van der Waals surface area (Å²) >= 11 is 1.28. The Hall–Kier alpha value is -2.09. The molecule has 1 aromatic carbocycles. The fraction of sp³-hybridized carbons (Fsp3) is 0.300. The normalized spacial score (nSPS) is 10.4. The molecule has 0 unspecified atom stereocenters. The summed E-state index contributed by atoms with van der Waals surface area (Å²) in [7, 11) is 4.63. The molecule has 0 amide bonds. The van der Waals surface area contributed by atoms with E-state index in [1.54, 1.807) is 7.05 Å². The molecule has 0 aliphatic carbocycles. The van der Waals surface area contributed by atoms with Crippen molar-refractivity contribution in [3.05, 3.63) is 16.2 Å². The van der Waals surface area contributed by atoms with Gasteiger partial charge in [-0.15, -0.1) is 0 Å². The number of benzene rings is 1. The number of methoxy groups -OCH3 is 2. The number of thiazole rings is 1. The number of aromatic nitrogens is 1. The number of nitro groups is 1. The van der Waals surface area contributed by atoms with Gasteiger partial charge in [0.1, 0.15) is 4.70 Å². The van der Waals surface area contributed by atoms with Crippen LogP contribution in [0.5, 0.6) is 11.5 Å². The Bertz CT molecular complexity index is 611. The molecule has 0 fully saturated rings. The number of rotatable bonds is 4. The Morgan fingerprint density at radius 1 is 1.44 bits per heavy atom. The van der Waals surface area contributed by atoms with Gasteiger partial charge in [-0.1, -0.05) is 11.3 Å². The van der Waals surface area contributed by atoms with E-state index >= 15 is 0 Å². The largest absolute Gasteiger partial charge is 0.493 e. The minimum atomic E-state index is -0.483. The second kappa shape index (κ2) is 4.65. The summed E-state index contributed by atoms with van der Waals surface area (Å²) < 4.78 is 10.9. The van der Waals surface area contributed by atoms with Gasteiger partial charge in [-0.25, -0.2) is 4.98 Å². The highest BCUT2D eigenvalue weighted by Gasteiger charge is 2.24. The van der Waals surface area contributed by atoms with Crippen molar-refractivity contribution in [2.24, 2.45) is 0 Å². The number of anilines is 1. The zero-order valence-electron chi connectivity index (χ0n) is 10.0. The van der Waals surface area contributed by atoms with Crippen LogP contribution in [0.2, 0.25) is 0 Å². The number of non-ortho nitro benzene ring substituents is 1. The Morgan fingerprint density at radius 2 is 2.17 bits per heavy atom. The summed E-state index contributed by atoms with van der Waals surface area (Å²) in [6, 6.07) is 1.32. The Labute approximate surface area is 106 Å². The summed E-state index contributed by atoms with van der Waals surface area (Å²) in [6.07, 6.45) is 0. The van der Waals surface area contributed by atoms with Crippen LogP contribution in [0.3, 0.4) is 0 Å². The van der Waals surface area contributed by atoms with Gasteiger partial charge in [0.25, 0.3) is 5.69 Å². The highest BCUT2D eigenvalue weighted by molar-refractivity contribution is 7.22. The standard InChI is InChI=1S/C10H11N3O4S/c1-11-10-12-7-5(13(14)15)4-6(16-2)8(17-3)9(7)18-10/h4H,1-3H3,(H,11,12). The Kier molecular flexibility index (Phi) is 3.19. The van der Waals surface area contributed by atoms with Crippen molar-refractivity contribution in [2.75, 3.05) is 26.6 Å². The molecule has 0 bridgehead atoms. The van der Waals surface area contributed by atoms with Gasteiger partial charge in [0.05, 0.1) is 25.2 Å². The third kappa shape index (κ3) is 1.80. The van der Waals surface area contributed by atoms with Crippen molar-refractivity contribution in [2.45, 2.75) is 0 Å².